The summed E-state index contributed by atoms with van der Waals surface area (Å²) in [5.74, 6) is 0.135. The second-order valence-corrected chi connectivity index (χ2v) is 7.23. The van der Waals surface area contributed by atoms with Crippen molar-refractivity contribution in [2.24, 2.45) is 5.92 Å². The van der Waals surface area contributed by atoms with Gasteiger partial charge in [0.15, 0.2) is 0 Å². The molecule has 0 saturated heterocycles. The molecule has 2 bridgehead atoms. The third-order valence-corrected chi connectivity index (χ3v) is 5.91. The first-order valence-electron chi connectivity index (χ1n) is 6.11. The molecule has 3 unspecified atom stereocenters. The van der Waals surface area contributed by atoms with Crippen LogP contribution in [0.15, 0.2) is 53.6 Å². The highest BCUT2D eigenvalue weighted by molar-refractivity contribution is 7.89. The fraction of sp³-hybridized carbons (Fsp3) is 0.286. The van der Waals surface area contributed by atoms with E-state index in [0.29, 0.717) is 4.90 Å². The van der Waals surface area contributed by atoms with Crippen molar-refractivity contribution in [2.75, 3.05) is 0 Å². The van der Waals surface area contributed by atoms with E-state index in [-0.39, 0.29) is 17.3 Å². The van der Waals surface area contributed by atoms with E-state index in [9.17, 15) is 8.42 Å². The molecule has 1 aliphatic carbocycles. The predicted molar refractivity (Wildman–Crippen MR) is 75.4 cm³/mol. The Hall–Kier alpha value is -1.26. The topological polar surface area (TPSA) is 37.4 Å². The zero-order chi connectivity index (χ0) is 13.6. The van der Waals surface area contributed by atoms with Gasteiger partial charge in [0.1, 0.15) is 0 Å². The summed E-state index contributed by atoms with van der Waals surface area (Å²) in [6.45, 7) is 1.93. The average molecular weight is 296 g/mol. The molecule has 100 valence electrons. The Morgan fingerprint density at radius 1 is 1.11 bits per heavy atom. The van der Waals surface area contributed by atoms with Gasteiger partial charge >= 0.3 is 0 Å². The van der Waals surface area contributed by atoms with Crippen molar-refractivity contribution in [1.82, 2.24) is 4.31 Å². The number of nitrogens with zero attached hydrogens (tertiary/aromatic N) is 1. The molecule has 1 aliphatic heterocycles. The van der Waals surface area contributed by atoms with Gasteiger partial charge in [-0.3, -0.25) is 4.31 Å². The van der Waals surface area contributed by atoms with Gasteiger partial charge in [0.2, 0.25) is 0 Å². The lowest BCUT2D eigenvalue weighted by Gasteiger charge is -2.32. The van der Waals surface area contributed by atoms with E-state index < -0.39 is 10.0 Å². The number of benzene rings is 1. The molecule has 1 aromatic rings. The van der Waals surface area contributed by atoms with Gasteiger partial charge in [-0.05, 0) is 19.1 Å². The third kappa shape index (κ3) is 1.99. The van der Waals surface area contributed by atoms with Crippen LogP contribution in [0.4, 0.5) is 0 Å². The standard InChI is InChI=1S/C14H14ClNO2S/c1-10-2-5-12(6-3-10)19(17,18)16-9-8-11-4-7-13(16)14(11)15/h2-9,11,13-14H,1H3. The monoisotopic (exact) mass is 295 g/mol. The van der Waals surface area contributed by atoms with Gasteiger partial charge in [-0.1, -0.05) is 35.9 Å². The summed E-state index contributed by atoms with van der Waals surface area (Å²) in [5, 5.41) is -0.217. The maximum Gasteiger partial charge on any atom is 0.264 e. The zero-order valence-corrected chi connectivity index (χ0v) is 12.0. The molecule has 19 heavy (non-hydrogen) atoms. The van der Waals surface area contributed by atoms with E-state index in [2.05, 4.69) is 0 Å². The van der Waals surface area contributed by atoms with Gasteiger partial charge in [-0.15, -0.1) is 11.6 Å². The number of sulfonamides is 1. The van der Waals surface area contributed by atoms with Crippen molar-refractivity contribution in [3.63, 3.8) is 0 Å². The number of fused-ring (bicyclic) bond motifs is 2. The number of alkyl halides is 1. The van der Waals surface area contributed by atoms with Crippen LogP contribution < -0.4 is 0 Å². The SMILES string of the molecule is Cc1ccc(S(=O)(=O)N2C=CC3C=CC2C3Cl)cc1. The smallest absolute Gasteiger partial charge is 0.264 e. The highest BCUT2D eigenvalue weighted by atomic mass is 35.5. The fourth-order valence-electron chi connectivity index (χ4n) is 2.43. The first kappa shape index (κ1) is 12.8. The van der Waals surface area contributed by atoms with Crippen LogP contribution in [0.1, 0.15) is 5.56 Å². The summed E-state index contributed by atoms with van der Waals surface area (Å²) in [4.78, 5) is 0.297. The predicted octanol–water partition coefficient (Wildman–Crippen LogP) is 2.68. The van der Waals surface area contributed by atoms with E-state index in [1.807, 2.05) is 25.2 Å². The minimum Gasteiger partial charge on any atom is -0.265 e. The number of aryl methyl sites for hydroxylation is 1. The van der Waals surface area contributed by atoms with Crippen LogP contribution in [0.3, 0.4) is 0 Å². The Bertz CT molecular complexity index is 649. The van der Waals surface area contributed by atoms with Crippen LogP contribution in [0, 0.1) is 12.8 Å². The van der Waals surface area contributed by atoms with Gasteiger partial charge < -0.3 is 0 Å². The molecular weight excluding hydrogens is 282 g/mol. The highest BCUT2D eigenvalue weighted by Gasteiger charge is 2.40. The van der Waals surface area contributed by atoms with Crippen LogP contribution in [-0.4, -0.2) is 24.1 Å². The maximum atomic E-state index is 12.6. The fourth-order valence-corrected chi connectivity index (χ4v) is 4.35. The maximum absolute atomic E-state index is 12.6. The molecule has 5 heteroatoms. The van der Waals surface area contributed by atoms with Crippen LogP contribution >= 0.6 is 11.6 Å². The first-order chi connectivity index (χ1) is 9.00. The Balaban J connectivity index is 2.02. The molecule has 0 amide bonds. The lowest BCUT2D eigenvalue weighted by Crippen LogP contribution is -2.42. The number of rotatable bonds is 2. The van der Waals surface area contributed by atoms with Gasteiger partial charge in [-0.25, -0.2) is 8.42 Å². The minimum atomic E-state index is -3.54. The summed E-state index contributed by atoms with van der Waals surface area (Å²) in [5.41, 5.74) is 1.03. The van der Waals surface area contributed by atoms with Crippen molar-refractivity contribution >= 4 is 21.6 Å². The van der Waals surface area contributed by atoms with Gasteiger partial charge in [0.25, 0.3) is 10.0 Å². The van der Waals surface area contributed by atoms with E-state index in [1.54, 1.807) is 30.5 Å². The highest BCUT2D eigenvalue weighted by Crippen LogP contribution is 2.36. The summed E-state index contributed by atoms with van der Waals surface area (Å²) >= 11 is 6.27. The second-order valence-electron chi connectivity index (χ2n) is 4.89. The van der Waals surface area contributed by atoms with Crippen molar-refractivity contribution in [2.45, 2.75) is 23.2 Å². The van der Waals surface area contributed by atoms with Gasteiger partial charge in [-0.2, -0.15) is 0 Å². The number of hydrogen-bond donors (Lipinski definition) is 0. The Morgan fingerprint density at radius 2 is 1.79 bits per heavy atom. The molecule has 1 aromatic carbocycles. The number of halogens is 1. The minimum absolute atomic E-state index is 0.135. The quantitative estimate of drug-likeness (QED) is 0.621. The van der Waals surface area contributed by atoms with Crippen molar-refractivity contribution in [1.29, 1.82) is 0 Å². The molecule has 0 radical (unpaired) electrons. The lowest BCUT2D eigenvalue weighted by atomic mass is 10.1. The first-order valence-corrected chi connectivity index (χ1v) is 7.99. The third-order valence-electron chi connectivity index (χ3n) is 3.57. The molecular formula is C14H14ClNO2S. The molecule has 2 aliphatic rings. The Morgan fingerprint density at radius 3 is 2.47 bits per heavy atom. The van der Waals surface area contributed by atoms with E-state index in [1.165, 1.54) is 4.31 Å². The molecule has 3 nitrogen and oxygen atoms in total. The normalized spacial score (nSPS) is 28.9. The molecule has 1 heterocycles. The lowest BCUT2D eigenvalue weighted by molar-refractivity contribution is 0.415. The molecule has 0 N–H and O–H groups in total. The van der Waals surface area contributed by atoms with Crippen molar-refractivity contribution in [3.05, 3.63) is 54.3 Å². The summed E-state index contributed by atoms with van der Waals surface area (Å²) in [7, 11) is -3.54. The van der Waals surface area contributed by atoms with Crippen molar-refractivity contribution < 1.29 is 8.42 Å². The van der Waals surface area contributed by atoms with E-state index in [0.717, 1.165) is 5.56 Å². The Kier molecular flexibility index (Phi) is 2.95. The number of hydrogen-bond acceptors (Lipinski definition) is 2. The van der Waals surface area contributed by atoms with E-state index >= 15 is 0 Å². The van der Waals surface area contributed by atoms with Gasteiger partial charge in [0, 0.05) is 12.1 Å². The molecule has 0 saturated carbocycles. The molecule has 0 fully saturated rings. The molecule has 0 aromatic heterocycles. The number of allylic oxidation sites excluding steroid dienone is 2. The van der Waals surface area contributed by atoms with E-state index in [4.69, 9.17) is 11.6 Å². The largest absolute Gasteiger partial charge is 0.265 e. The van der Waals surface area contributed by atoms with Crippen LogP contribution in [0.5, 0.6) is 0 Å². The van der Waals surface area contributed by atoms with Crippen LogP contribution in [0.2, 0.25) is 0 Å². The average Bonchev–Trinajstić information content (AvgIpc) is 2.63. The van der Waals surface area contributed by atoms with Crippen LogP contribution in [-0.2, 0) is 10.0 Å². The second kappa shape index (κ2) is 4.39. The molecule has 3 atom stereocenters. The van der Waals surface area contributed by atoms with Gasteiger partial charge in [0.05, 0.1) is 16.3 Å². The summed E-state index contributed by atoms with van der Waals surface area (Å²) in [6, 6.07) is 6.57. The molecule has 3 rings (SSSR count). The summed E-state index contributed by atoms with van der Waals surface area (Å²) < 4.78 is 26.6. The van der Waals surface area contributed by atoms with Crippen LogP contribution in [0.25, 0.3) is 0 Å². The zero-order valence-electron chi connectivity index (χ0n) is 10.4. The summed E-state index contributed by atoms with van der Waals surface area (Å²) in [6.07, 6.45) is 7.30. The molecule has 0 spiro atoms. The van der Waals surface area contributed by atoms with Crippen molar-refractivity contribution in [3.8, 4) is 0 Å². The Labute approximate surface area is 118 Å².